The molecule has 0 radical (unpaired) electrons. The maximum absolute atomic E-state index is 13.4. The zero-order valence-electron chi connectivity index (χ0n) is 14.2. The Labute approximate surface area is 159 Å². The van der Waals surface area contributed by atoms with Crippen molar-refractivity contribution in [2.75, 3.05) is 23.3 Å². The van der Waals surface area contributed by atoms with Gasteiger partial charge in [-0.15, -0.1) is 0 Å². The van der Waals surface area contributed by atoms with Crippen LogP contribution in [0.4, 0.5) is 21.8 Å². The van der Waals surface area contributed by atoms with Crippen LogP contribution in [0.15, 0.2) is 43.1 Å². The molecule has 0 aliphatic carbocycles. The van der Waals surface area contributed by atoms with Crippen molar-refractivity contribution in [2.24, 2.45) is 0 Å². The van der Waals surface area contributed by atoms with Gasteiger partial charge in [-0.1, -0.05) is 11.6 Å². The molecule has 2 aromatic heterocycles. The molecule has 2 N–H and O–H groups in total. The van der Waals surface area contributed by atoms with E-state index >= 15 is 0 Å². The van der Waals surface area contributed by atoms with Crippen molar-refractivity contribution in [1.29, 1.82) is 0 Å². The number of nitrogens with one attached hydrogen (secondary N) is 1. The van der Waals surface area contributed by atoms with E-state index < -0.39 is 11.9 Å². The van der Waals surface area contributed by atoms with Crippen LogP contribution in [0, 0.1) is 5.82 Å². The summed E-state index contributed by atoms with van der Waals surface area (Å²) in [6.07, 6.45) is 6.79. The standard InChI is InChI=1S/C18H16ClFN6O/c19-15-5-12(1-2-16(15)20)24-18-23-8-14(11-6-21-10-22-7-11)17(25-18)26-4-3-13(27)9-26/h1-2,5-8,10,13,27H,3-4,9H2,(H,23,24,25). The normalized spacial score (nSPS) is 16.6. The zero-order chi connectivity index (χ0) is 18.8. The van der Waals surface area contributed by atoms with Gasteiger partial charge in [0.25, 0.3) is 0 Å². The lowest BCUT2D eigenvalue weighted by atomic mass is 10.1. The summed E-state index contributed by atoms with van der Waals surface area (Å²) in [5.41, 5.74) is 2.13. The third-order valence-corrected chi connectivity index (χ3v) is 4.57. The minimum Gasteiger partial charge on any atom is -0.391 e. The quantitative estimate of drug-likeness (QED) is 0.712. The molecule has 0 amide bonds. The Hall–Kier alpha value is -2.84. The van der Waals surface area contributed by atoms with Crippen molar-refractivity contribution in [1.82, 2.24) is 19.9 Å². The van der Waals surface area contributed by atoms with Crippen molar-refractivity contribution in [3.05, 3.63) is 54.0 Å². The van der Waals surface area contributed by atoms with Crippen LogP contribution in [0.25, 0.3) is 11.1 Å². The van der Waals surface area contributed by atoms with Crippen molar-refractivity contribution in [3.63, 3.8) is 0 Å². The molecule has 3 aromatic rings. The summed E-state index contributed by atoms with van der Waals surface area (Å²) in [5.74, 6) is 0.524. The van der Waals surface area contributed by atoms with Crippen LogP contribution in [-0.4, -0.2) is 44.2 Å². The second-order valence-corrected chi connectivity index (χ2v) is 6.61. The Balaban J connectivity index is 1.70. The molecular weight excluding hydrogens is 371 g/mol. The van der Waals surface area contributed by atoms with Crippen LogP contribution in [0.2, 0.25) is 5.02 Å². The number of hydrogen-bond acceptors (Lipinski definition) is 7. The average Bonchev–Trinajstić information content (AvgIpc) is 3.12. The van der Waals surface area contributed by atoms with Gasteiger partial charge in [-0.3, -0.25) is 0 Å². The van der Waals surface area contributed by atoms with E-state index in [9.17, 15) is 9.50 Å². The number of aromatic nitrogens is 4. The first-order valence-corrected chi connectivity index (χ1v) is 8.75. The SMILES string of the molecule is OC1CCN(c2nc(Nc3ccc(F)c(Cl)c3)ncc2-c2cncnc2)C1. The Morgan fingerprint density at radius 3 is 2.74 bits per heavy atom. The van der Waals surface area contributed by atoms with Gasteiger partial charge >= 0.3 is 0 Å². The maximum Gasteiger partial charge on any atom is 0.229 e. The van der Waals surface area contributed by atoms with Crippen LogP contribution >= 0.6 is 11.6 Å². The molecular formula is C18H16ClFN6O. The number of rotatable bonds is 4. The van der Waals surface area contributed by atoms with E-state index in [1.165, 1.54) is 18.5 Å². The summed E-state index contributed by atoms with van der Waals surface area (Å²) in [4.78, 5) is 19.1. The lowest BCUT2D eigenvalue weighted by Crippen LogP contribution is -2.23. The molecule has 1 aliphatic heterocycles. The van der Waals surface area contributed by atoms with Gasteiger partial charge in [0.15, 0.2) is 0 Å². The van der Waals surface area contributed by atoms with Gasteiger partial charge in [-0.25, -0.2) is 19.3 Å². The highest BCUT2D eigenvalue weighted by Crippen LogP contribution is 2.31. The monoisotopic (exact) mass is 386 g/mol. The largest absolute Gasteiger partial charge is 0.391 e. The van der Waals surface area contributed by atoms with Gasteiger partial charge in [-0.05, 0) is 24.6 Å². The van der Waals surface area contributed by atoms with Crippen molar-refractivity contribution in [3.8, 4) is 11.1 Å². The minimum absolute atomic E-state index is 0.0148. The van der Waals surface area contributed by atoms with E-state index in [-0.39, 0.29) is 5.02 Å². The Morgan fingerprint density at radius 2 is 2.04 bits per heavy atom. The lowest BCUT2D eigenvalue weighted by molar-refractivity contribution is 0.198. The van der Waals surface area contributed by atoms with Crippen LogP contribution in [0.5, 0.6) is 0 Å². The van der Waals surface area contributed by atoms with E-state index in [1.54, 1.807) is 24.7 Å². The summed E-state index contributed by atoms with van der Waals surface area (Å²) >= 11 is 5.83. The first-order chi connectivity index (χ1) is 13.1. The number of halogens is 2. The predicted molar refractivity (Wildman–Crippen MR) is 101 cm³/mol. The lowest BCUT2D eigenvalue weighted by Gasteiger charge is -2.20. The van der Waals surface area contributed by atoms with Gasteiger partial charge < -0.3 is 15.3 Å². The van der Waals surface area contributed by atoms with E-state index in [1.807, 2.05) is 4.90 Å². The molecule has 1 saturated heterocycles. The third kappa shape index (κ3) is 3.81. The molecule has 1 atom stereocenters. The zero-order valence-corrected chi connectivity index (χ0v) is 14.9. The number of benzene rings is 1. The summed E-state index contributed by atoms with van der Waals surface area (Å²) in [7, 11) is 0. The molecule has 138 valence electrons. The molecule has 1 unspecified atom stereocenters. The fraction of sp³-hybridized carbons (Fsp3) is 0.222. The first-order valence-electron chi connectivity index (χ1n) is 8.37. The van der Waals surface area contributed by atoms with Crippen LogP contribution < -0.4 is 10.2 Å². The number of hydrogen-bond donors (Lipinski definition) is 2. The van der Waals surface area contributed by atoms with Crippen LogP contribution in [0.3, 0.4) is 0 Å². The Bertz CT molecular complexity index is 958. The number of nitrogens with zero attached hydrogens (tertiary/aromatic N) is 5. The highest BCUT2D eigenvalue weighted by molar-refractivity contribution is 6.31. The first kappa shape index (κ1) is 17.6. The Morgan fingerprint density at radius 1 is 1.22 bits per heavy atom. The highest BCUT2D eigenvalue weighted by Gasteiger charge is 2.25. The maximum atomic E-state index is 13.4. The average molecular weight is 387 g/mol. The van der Waals surface area contributed by atoms with Gasteiger partial charge in [0.05, 0.1) is 11.1 Å². The van der Waals surface area contributed by atoms with Gasteiger partial charge in [-0.2, -0.15) is 4.98 Å². The van der Waals surface area contributed by atoms with Crippen molar-refractivity contribution < 1.29 is 9.50 Å². The summed E-state index contributed by atoms with van der Waals surface area (Å²) in [6, 6.07) is 4.30. The predicted octanol–water partition coefficient (Wildman–Crippen LogP) is 3.04. The van der Waals surface area contributed by atoms with Crippen molar-refractivity contribution in [2.45, 2.75) is 12.5 Å². The fourth-order valence-corrected chi connectivity index (χ4v) is 3.13. The smallest absolute Gasteiger partial charge is 0.229 e. The topological polar surface area (TPSA) is 87.1 Å². The molecule has 1 aromatic carbocycles. The van der Waals surface area contributed by atoms with Gasteiger partial charge in [0, 0.05) is 48.5 Å². The molecule has 1 fully saturated rings. The molecule has 0 saturated carbocycles. The van der Waals surface area contributed by atoms with E-state index in [4.69, 9.17) is 11.6 Å². The molecule has 7 nitrogen and oxygen atoms in total. The summed E-state index contributed by atoms with van der Waals surface area (Å²) < 4.78 is 13.4. The second-order valence-electron chi connectivity index (χ2n) is 6.20. The molecule has 0 spiro atoms. The van der Waals surface area contributed by atoms with Crippen LogP contribution in [-0.2, 0) is 0 Å². The molecule has 4 rings (SSSR count). The summed E-state index contributed by atoms with van der Waals surface area (Å²) in [6.45, 7) is 1.17. The number of aliphatic hydroxyl groups excluding tert-OH is 1. The molecule has 0 bridgehead atoms. The van der Waals surface area contributed by atoms with E-state index in [0.717, 1.165) is 11.1 Å². The fourth-order valence-electron chi connectivity index (χ4n) is 2.95. The van der Waals surface area contributed by atoms with Crippen molar-refractivity contribution >= 4 is 29.1 Å². The van der Waals surface area contributed by atoms with E-state index in [2.05, 4.69) is 25.3 Å². The number of anilines is 3. The third-order valence-electron chi connectivity index (χ3n) is 4.28. The highest BCUT2D eigenvalue weighted by atomic mass is 35.5. The number of β-amino-alcohol motifs (C(OH)–C–C–N with tert-alkyl or cyclic N) is 1. The summed E-state index contributed by atoms with van der Waals surface area (Å²) in [5, 5.41) is 13.0. The molecule has 1 aliphatic rings. The van der Waals surface area contributed by atoms with Gasteiger partial charge in [0.2, 0.25) is 5.95 Å². The second kappa shape index (κ2) is 7.42. The van der Waals surface area contributed by atoms with E-state index in [0.29, 0.717) is 37.0 Å². The van der Waals surface area contributed by atoms with Gasteiger partial charge in [0.1, 0.15) is 18.0 Å². The molecule has 9 heteroatoms. The molecule has 3 heterocycles. The number of aliphatic hydroxyl groups is 1. The Kier molecular flexibility index (Phi) is 4.83. The van der Waals surface area contributed by atoms with Crippen LogP contribution in [0.1, 0.15) is 6.42 Å². The molecule has 27 heavy (non-hydrogen) atoms. The minimum atomic E-state index is -0.491.